The van der Waals surface area contributed by atoms with Gasteiger partial charge in [0.25, 0.3) is 0 Å². The maximum atomic E-state index is 11.8. The molecule has 8 nitrogen and oxygen atoms in total. The van der Waals surface area contributed by atoms with Gasteiger partial charge in [0.1, 0.15) is 31.4 Å². The molecule has 4 rings (SSSR count). The van der Waals surface area contributed by atoms with Gasteiger partial charge >= 0.3 is 0 Å². The molecule has 2 N–H and O–H groups in total. The van der Waals surface area contributed by atoms with Gasteiger partial charge in [-0.3, -0.25) is 0 Å². The summed E-state index contributed by atoms with van der Waals surface area (Å²) in [6, 6.07) is 32.5. The average Bonchev–Trinajstić information content (AvgIpc) is 3.20. The van der Waals surface area contributed by atoms with Gasteiger partial charge in [0.2, 0.25) is 0 Å². The molecule has 4 aromatic carbocycles. The molecule has 0 aromatic heterocycles. The molecule has 0 atom stereocenters. The van der Waals surface area contributed by atoms with Crippen molar-refractivity contribution >= 4 is 35.7 Å². The Morgan fingerprint density at radius 2 is 0.731 bits per heavy atom. The average molecular weight is 715 g/mol. The van der Waals surface area contributed by atoms with Gasteiger partial charge < -0.3 is 39.1 Å². The molecule has 0 fully saturated rings. The summed E-state index contributed by atoms with van der Waals surface area (Å²) in [6.45, 7) is 6.72. The van der Waals surface area contributed by atoms with Crippen LogP contribution in [0.4, 0.5) is 15.8 Å². The highest BCUT2D eigenvalue weighted by Crippen LogP contribution is 2.17. The van der Waals surface area contributed by atoms with Gasteiger partial charge in [-0.1, -0.05) is 79.8 Å². The van der Waals surface area contributed by atoms with E-state index < -0.39 is 6.67 Å². The zero-order chi connectivity index (χ0) is 36.9. The van der Waals surface area contributed by atoms with Gasteiger partial charge in [0.05, 0.1) is 46.2 Å². The Balaban J connectivity index is 0.000000280. The first-order valence-corrected chi connectivity index (χ1v) is 17.9. The van der Waals surface area contributed by atoms with Gasteiger partial charge in [0.15, 0.2) is 0 Å². The molecule has 0 radical (unpaired) electrons. The largest absolute Gasteiger partial charge is 0.491 e. The Morgan fingerprint density at radius 1 is 0.423 bits per heavy atom. The van der Waals surface area contributed by atoms with Crippen LogP contribution in [0.5, 0.6) is 11.5 Å². The highest BCUT2D eigenvalue weighted by atomic mass is 19.1. The third-order valence-electron chi connectivity index (χ3n) is 7.40. The van der Waals surface area contributed by atoms with E-state index in [9.17, 15) is 4.39 Å². The second-order valence-corrected chi connectivity index (χ2v) is 11.4. The van der Waals surface area contributed by atoms with Crippen LogP contribution in [-0.2, 0) is 18.9 Å². The highest BCUT2D eigenvalue weighted by molar-refractivity contribution is 5.71. The molecule has 0 saturated heterocycles. The second-order valence-electron chi connectivity index (χ2n) is 11.4. The van der Waals surface area contributed by atoms with Crippen molar-refractivity contribution in [1.82, 2.24) is 0 Å². The Bertz CT molecular complexity index is 1390. The summed E-state index contributed by atoms with van der Waals surface area (Å²) in [7, 11) is 3.83. The Morgan fingerprint density at radius 3 is 1.06 bits per heavy atom. The third-order valence-corrected chi connectivity index (χ3v) is 7.40. The zero-order valence-corrected chi connectivity index (χ0v) is 30.9. The topological polar surface area (TPSA) is 79.4 Å². The molecule has 9 heteroatoms. The first-order valence-electron chi connectivity index (χ1n) is 17.9. The van der Waals surface area contributed by atoms with Crippen LogP contribution in [0.3, 0.4) is 0 Å². The molecule has 52 heavy (non-hydrogen) atoms. The summed E-state index contributed by atoms with van der Waals surface area (Å²) in [5.74, 6) is 1.66. The standard InChI is InChI=1S/C22H29NO3.C21H26FNO3/c1-3-14-24-15-16-25-17-18-26-22-12-8-20(9-13-22)5-4-19-6-10-21(23-2)11-7-19;1-23-20-8-4-18(5-9-20)2-3-19-6-10-21(11-7-19)26-17-16-25-15-14-24-13-12-22/h4-13,23H,3,14-18H2,1-2H3;2-11,23H,12-17H2,1H3/b5-4+;3-2+. The fraction of sp³-hybridized carbons (Fsp3) is 0.349. The quantitative estimate of drug-likeness (QED) is 0.0550. The monoisotopic (exact) mass is 714 g/mol. The molecule has 0 saturated carbocycles. The maximum Gasteiger partial charge on any atom is 0.119 e. The van der Waals surface area contributed by atoms with E-state index in [4.69, 9.17) is 28.4 Å². The van der Waals surface area contributed by atoms with Crippen LogP contribution in [0.1, 0.15) is 35.6 Å². The van der Waals surface area contributed by atoms with E-state index in [1.807, 2.05) is 74.8 Å². The van der Waals surface area contributed by atoms with Crippen LogP contribution in [0.25, 0.3) is 24.3 Å². The van der Waals surface area contributed by atoms with E-state index in [0.717, 1.165) is 52.6 Å². The lowest BCUT2D eigenvalue weighted by Crippen LogP contribution is -2.11. The van der Waals surface area contributed by atoms with E-state index in [1.165, 1.54) is 5.56 Å². The van der Waals surface area contributed by atoms with Gasteiger partial charge in [-0.25, -0.2) is 4.39 Å². The number of hydrogen-bond acceptors (Lipinski definition) is 8. The van der Waals surface area contributed by atoms with Crippen LogP contribution in [0, 0.1) is 0 Å². The van der Waals surface area contributed by atoms with E-state index in [1.54, 1.807) is 0 Å². The normalized spacial score (nSPS) is 11.0. The highest BCUT2D eigenvalue weighted by Gasteiger charge is 1.98. The molecule has 0 bridgehead atoms. The first kappa shape index (κ1) is 41.7. The van der Waals surface area contributed by atoms with Gasteiger partial charge in [-0.15, -0.1) is 0 Å². The van der Waals surface area contributed by atoms with Gasteiger partial charge in [-0.2, -0.15) is 0 Å². The minimum absolute atomic E-state index is 0.127. The van der Waals surface area contributed by atoms with Crippen LogP contribution in [0.15, 0.2) is 97.1 Å². The summed E-state index contributed by atoms with van der Waals surface area (Å²) in [5, 5.41) is 6.22. The molecule has 0 heterocycles. The molecular weight excluding hydrogens is 659 g/mol. The van der Waals surface area contributed by atoms with Crippen molar-refractivity contribution in [1.29, 1.82) is 0 Å². The first-order chi connectivity index (χ1) is 25.6. The summed E-state index contributed by atoms with van der Waals surface area (Å²) in [5.41, 5.74) is 6.78. The van der Waals surface area contributed by atoms with E-state index in [-0.39, 0.29) is 6.61 Å². The number of nitrogens with one attached hydrogen (secondary N) is 2. The van der Waals surface area contributed by atoms with E-state index >= 15 is 0 Å². The molecule has 0 unspecified atom stereocenters. The molecule has 4 aromatic rings. The van der Waals surface area contributed by atoms with Crippen LogP contribution < -0.4 is 20.1 Å². The molecular formula is C43H55FN2O6. The van der Waals surface area contributed by atoms with Crippen molar-refractivity contribution < 1.29 is 32.8 Å². The number of hydrogen-bond donors (Lipinski definition) is 2. The minimum atomic E-state index is -0.461. The van der Waals surface area contributed by atoms with E-state index in [0.29, 0.717) is 52.9 Å². The summed E-state index contributed by atoms with van der Waals surface area (Å²) < 4.78 is 44.2. The number of benzene rings is 4. The zero-order valence-electron chi connectivity index (χ0n) is 30.9. The molecule has 0 aliphatic carbocycles. The van der Waals surface area contributed by atoms with Crippen molar-refractivity contribution in [3.63, 3.8) is 0 Å². The van der Waals surface area contributed by atoms with Gasteiger partial charge in [0, 0.05) is 32.1 Å². The number of rotatable bonds is 24. The lowest BCUT2D eigenvalue weighted by atomic mass is 10.1. The lowest BCUT2D eigenvalue weighted by Gasteiger charge is -2.07. The van der Waals surface area contributed by atoms with Crippen molar-refractivity contribution in [2.75, 3.05) is 97.5 Å². The molecule has 0 aliphatic rings. The number of halogens is 1. The summed E-state index contributed by atoms with van der Waals surface area (Å²) in [6.07, 6.45) is 9.38. The third kappa shape index (κ3) is 18.5. The summed E-state index contributed by atoms with van der Waals surface area (Å²) in [4.78, 5) is 0. The predicted octanol–water partition coefficient (Wildman–Crippen LogP) is 9.00. The van der Waals surface area contributed by atoms with Gasteiger partial charge in [-0.05, 0) is 77.2 Å². The minimum Gasteiger partial charge on any atom is -0.491 e. The fourth-order valence-electron chi connectivity index (χ4n) is 4.54. The van der Waals surface area contributed by atoms with Crippen LogP contribution >= 0.6 is 0 Å². The van der Waals surface area contributed by atoms with Crippen LogP contribution in [-0.4, -0.2) is 86.8 Å². The van der Waals surface area contributed by atoms with Crippen molar-refractivity contribution in [3.8, 4) is 11.5 Å². The lowest BCUT2D eigenvalue weighted by molar-refractivity contribution is 0.0325. The van der Waals surface area contributed by atoms with Crippen LogP contribution in [0.2, 0.25) is 0 Å². The number of anilines is 2. The van der Waals surface area contributed by atoms with Crippen molar-refractivity contribution in [2.24, 2.45) is 0 Å². The maximum absolute atomic E-state index is 11.8. The summed E-state index contributed by atoms with van der Waals surface area (Å²) >= 11 is 0. The van der Waals surface area contributed by atoms with Crippen molar-refractivity contribution in [2.45, 2.75) is 13.3 Å². The molecule has 280 valence electrons. The molecule has 0 amide bonds. The Labute approximate surface area is 309 Å². The SMILES string of the molecule is CCCOCCOCCOc1ccc(/C=C/c2ccc(NC)cc2)cc1.CNc1ccc(/C=C/c2ccc(OCCOCCOCCF)cc2)cc1. The molecule has 0 spiro atoms. The number of ether oxygens (including phenoxy) is 6. The Hall–Kier alpha value is -4.67. The number of alkyl halides is 1. The second kappa shape index (κ2) is 27.0. The molecule has 0 aliphatic heterocycles. The Kier molecular flexibility index (Phi) is 21.7. The smallest absolute Gasteiger partial charge is 0.119 e. The predicted molar refractivity (Wildman–Crippen MR) is 213 cm³/mol. The fourth-order valence-corrected chi connectivity index (χ4v) is 4.54. The van der Waals surface area contributed by atoms with E-state index in [2.05, 4.69) is 78.3 Å². The van der Waals surface area contributed by atoms with Crippen molar-refractivity contribution in [3.05, 3.63) is 119 Å².